The number of halogens is 4. The van der Waals surface area contributed by atoms with Gasteiger partial charge in [0.2, 0.25) is 11.6 Å². The van der Waals surface area contributed by atoms with Crippen molar-refractivity contribution in [1.29, 1.82) is 0 Å². The van der Waals surface area contributed by atoms with Crippen molar-refractivity contribution in [2.75, 3.05) is 44.4 Å². The standard InChI is InChI=1S/C28H27F4N5OS/c1-33-24-14-17(27(38)34-2)9-10-22(24)35-12-5-8-25-19(15-28(30,31)32)18-6-4-7-23(26(18)39-25)36-21-11-13-37(3)16-20(21)29/h4,6-7,9-10,14,20-21,35-36H,11-13,15-16H2,2-3H3,(H,34,38)/t20-,21+/m0/s1. The van der Waals surface area contributed by atoms with Gasteiger partial charge in [0.05, 0.1) is 40.8 Å². The van der Waals surface area contributed by atoms with Crippen LogP contribution in [0.15, 0.2) is 36.4 Å². The van der Waals surface area contributed by atoms with E-state index in [1.54, 1.807) is 30.3 Å². The Morgan fingerprint density at radius 3 is 2.74 bits per heavy atom. The molecule has 1 aliphatic heterocycles. The molecule has 1 saturated heterocycles. The highest BCUT2D eigenvalue weighted by Crippen LogP contribution is 2.39. The molecule has 0 radical (unpaired) electrons. The fourth-order valence-corrected chi connectivity index (χ4v) is 5.67. The maximum Gasteiger partial charge on any atom is 0.393 e. The number of alkyl halides is 4. The molecular formula is C28H27F4N5OS. The third-order valence-corrected chi connectivity index (χ3v) is 7.65. The highest BCUT2D eigenvalue weighted by molar-refractivity contribution is 7.20. The highest BCUT2D eigenvalue weighted by atomic mass is 32.1. The number of fused-ring (bicyclic) bond motifs is 1. The van der Waals surface area contributed by atoms with Crippen LogP contribution in [0.1, 0.15) is 27.2 Å². The van der Waals surface area contributed by atoms with E-state index in [0.29, 0.717) is 44.9 Å². The summed E-state index contributed by atoms with van der Waals surface area (Å²) in [6, 6.07) is 9.26. The summed E-state index contributed by atoms with van der Waals surface area (Å²) in [7, 11) is 3.35. The van der Waals surface area contributed by atoms with Crippen LogP contribution in [-0.2, 0) is 6.42 Å². The molecule has 0 spiro atoms. The van der Waals surface area contributed by atoms with Crippen molar-refractivity contribution < 1.29 is 22.4 Å². The Balaban J connectivity index is 1.60. The Hall–Kier alpha value is -3.80. The summed E-state index contributed by atoms with van der Waals surface area (Å²) in [5.74, 6) is 5.42. The molecule has 2 heterocycles. The summed E-state index contributed by atoms with van der Waals surface area (Å²) in [6.45, 7) is 8.48. The second kappa shape index (κ2) is 11.9. The van der Waals surface area contributed by atoms with Crippen LogP contribution < -0.4 is 16.0 Å². The smallest absolute Gasteiger partial charge is 0.383 e. The van der Waals surface area contributed by atoms with Gasteiger partial charge in [-0.3, -0.25) is 4.79 Å². The summed E-state index contributed by atoms with van der Waals surface area (Å²) in [4.78, 5) is 17.5. The lowest BCUT2D eigenvalue weighted by atomic mass is 10.0. The van der Waals surface area contributed by atoms with E-state index < -0.39 is 24.8 Å². The number of amides is 1. The molecular weight excluding hydrogens is 530 g/mol. The van der Waals surface area contributed by atoms with Crippen molar-refractivity contribution in [2.24, 2.45) is 0 Å². The first-order valence-corrected chi connectivity index (χ1v) is 13.1. The molecule has 1 aromatic heterocycles. The largest absolute Gasteiger partial charge is 0.393 e. The zero-order valence-corrected chi connectivity index (χ0v) is 22.2. The third-order valence-electron chi connectivity index (χ3n) is 6.46. The van der Waals surface area contributed by atoms with Gasteiger partial charge in [-0.1, -0.05) is 30.0 Å². The van der Waals surface area contributed by atoms with Gasteiger partial charge in [-0.15, -0.1) is 11.3 Å². The molecule has 1 aliphatic rings. The number of hydrogen-bond donors (Lipinski definition) is 3. The van der Waals surface area contributed by atoms with Gasteiger partial charge < -0.3 is 20.9 Å². The van der Waals surface area contributed by atoms with Crippen LogP contribution in [0.5, 0.6) is 0 Å². The Morgan fingerprint density at radius 1 is 1.26 bits per heavy atom. The number of likely N-dealkylation sites (tertiary alicyclic amines) is 1. The van der Waals surface area contributed by atoms with Crippen molar-refractivity contribution >= 4 is 44.4 Å². The number of hydrogen-bond acceptors (Lipinski definition) is 5. The molecule has 3 N–H and O–H groups in total. The summed E-state index contributed by atoms with van der Waals surface area (Å²) in [5, 5.41) is 9.17. The van der Waals surface area contributed by atoms with Crippen LogP contribution in [0, 0.1) is 18.4 Å². The fourth-order valence-electron chi connectivity index (χ4n) is 4.50. The Labute approximate surface area is 228 Å². The molecule has 1 amide bonds. The molecule has 0 saturated carbocycles. The molecule has 0 bridgehead atoms. The van der Waals surface area contributed by atoms with E-state index in [4.69, 9.17) is 6.57 Å². The Kier molecular flexibility index (Phi) is 8.63. The maximum absolute atomic E-state index is 14.7. The monoisotopic (exact) mass is 557 g/mol. The van der Waals surface area contributed by atoms with E-state index >= 15 is 0 Å². The van der Waals surface area contributed by atoms with Crippen molar-refractivity contribution in [3.05, 3.63) is 63.8 Å². The minimum absolute atomic E-state index is 0.0752. The van der Waals surface area contributed by atoms with Crippen LogP contribution in [0.4, 0.5) is 34.6 Å². The number of carbonyl (C=O) groups is 1. The first kappa shape index (κ1) is 28.2. The Bertz CT molecular complexity index is 1470. The number of rotatable bonds is 6. The summed E-state index contributed by atoms with van der Waals surface area (Å²) >= 11 is 1.15. The van der Waals surface area contributed by atoms with E-state index in [0.717, 1.165) is 17.9 Å². The lowest BCUT2D eigenvalue weighted by Crippen LogP contribution is -2.46. The van der Waals surface area contributed by atoms with Gasteiger partial charge >= 0.3 is 6.18 Å². The topological polar surface area (TPSA) is 60.8 Å². The normalized spacial score (nSPS) is 17.7. The molecule has 204 valence electrons. The molecule has 0 aliphatic carbocycles. The number of carbonyl (C=O) groups excluding carboxylic acids is 1. The van der Waals surface area contributed by atoms with Gasteiger partial charge in [0.1, 0.15) is 6.17 Å². The van der Waals surface area contributed by atoms with Gasteiger partial charge in [0.25, 0.3) is 0 Å². The third kappa shape index (κ3) is 6.80. The molecule has 3 aromatic rings. The second-order valence-corrected chi connectivity index (χ2v) is 10.3. The van der Waals surface area contributed by atoms with Crippen molar-refractivity contribution in [1.82, 2.24) is 10.2 Å². The quantitative estimate of drug-likeness (QED) is 0.203. The van der Waals surface area contributed by atoms with Crippen LogP contribution in [0.2, 0.25) is 0 Å². The lowest BCUT2D eigenvalue weighted by Gasteiger charge is -2.33. The van der Waals surface area contributed by atoms with Gasteiger partial charge in [0, 0.05) is 31.4 Å². The predicted octanol–water partition coefficient (Wildman–Crippen LogP) is 5.83. The Morgan fingerprint density at radius 2 is 2.05 bits per heavy atom. The molecule has 4 rings (SSSR count). The molecule has 0 unspecified atom stereocenters. The number of anilines is 2. The van der Waals surface area contributed by atoms with E-state index in [2.05, 4.69) is 32.6 Å². The molecule has 1 fully saturated rings. The van der Waals surface area contributed by atoms with Gasteiger partial charge in [-0.25, -0.2) is 9.24 Å². The number of benzene rings is 2. The van der Waals surface area contributed by atoms with E-state index in [-0.39, 0.29) is 23.7 Å². The minimum atomic E-state index is -4.43. The zero-order valence-electron chi connectivity index (χ0n) is 21.4. The molecule has 6 nitrogen and oxygen atoms in total. The number of piperidine rings is 1. The molecule has 11 heteroatoms. The van der Waals surface area contributed by atoms with Crippen molar-refractivity contribution in [3.63, 3.8) is 0 Å². The highest BCUT2D eigenvalue weighted by Gasteiger charge is 2.32. The SMILES string of the molecule is [C-]#[N+]c1cc(C(=O)NC)ccc1NCC#Cc1sc2c(N[C@@H]3CCN(C)C[C@@H]3F)cccc2c1CC(F)(F)F. The summed E-state index contributed by atoms with van der Waals surface area (Å²) in [5.41, 5.74) is 1.72. The second-order valence-electron chi connectivity index (χ2n) is 9.28. The first-order valence-electron chi connectivity index (χ1n) is 12.3. The number of nitrogens with zero attached hydrogens (tertiary/aromatic N) is 2. The number of nitrogens with one attached hydrogen (secondary N) is 3. The minimum Gasteiger partial charge on any atom is -0.383 e. The lowest BCUT2D eigenvalue weighted by molar-refractivity contribution is -0.126. The van der Waals surface area contributed by atoms with E-state index in [9.17, 15) is 22.4 Å². The van der Waals surface area contributed by atoms with Crippen LogP contribution in [-0.4, -0.2) is 62.9 Å². The van der Waals surface area contributed by atoms with Crippen LogP contribution >= 0.6 is 11.3 Å². The average molecular weight is 558 g/mol. The summed E-state index contributed by atoms with van der Waals surface area (Å²) < 4.78 is 55.8. The first-order chi connectivity index (χ1) is 18.6. The molecule has 2 aromatic carbocycles. The predicted molar refractivity (Wildman–Crippen MR) is 147 cm³/mol. The van der Waals surface area contributed by atoms with Gasteiger partial charge in [-0.2, -0.15) is 13.2 Å². The van der Waals surface area contributed by atoms with Crippen LogP contribution in [0.3, 0.4) is 0 Å². The molecule has 2 atom stereocenters. The van der Waals surface area contributed by atoms with Gasteiger partial charge in [0.15, 0.2) is 0 Å². The summed E-state index contributed by atoms with van der Waals surface area (Å²) in [6.07, 6.45) is -6.06. The average Bonchev–Trinajstić information content (AvgIpc) is 3.24. The fraction of sp³-hybridized carbons (Fsp3) is 0.357. The van der Waals surface area contributed by atoms with Crippen molar-refractivity contribution in [3.8, 4) is 11.8 Å². The van der Waals surface area contributed by atoms with Crippen LogP contribution in [0.25, 0.3) is 14.9 Å². The van der Waals surface area contributed by atoms with E-state index in [1.807, 2.05) is 11.9 Å². The van der Waals surface area contributed by atoms with Crippen molar-refractivity contribution in [2.45, 2.75) is 31.2 Å². The maximum atomic E-state index is 14.7. The number of thiophene rings is 1. The van der Waals surface area contributed by atoms with Gasteiger partial charge in [-0.05, 0) is 42.6 Å². The van der Waals surface area contributed by atoms with E-state index in [1.165, 1.54) is 13.1 Å². The molecule has 39 heavy (non-hydrogen) atoms. The zero-order chi connectivity index (χ0) is 28.2.